The predicted octanol–water partition coefficient (Wildman–Crippen LogP) is 2.10. The maximum Gasteiger partial charge on any atom is 0.226 e. The number of hydrogen-bond acceptors (Lipinski definition) is 4. The van der Waals surface area contributed by atoms with Gasteiger partial charge in [-0.2, -0.15) is 0 Å². The molecular formula is C18H22N2O4. The molecule has 24 heavy (non-hydrogen) atoms. The lowest BCUT2D eigenvalue weighted by Gasteiger charge is -2.17. The molecule has 6 nitrogen and oxygen atoms in total. The van der Waals surface area contributed by atoms with Gasteiger partial charge in [-0.15, -0.1) is 0 Å². The first kappa shape index (κ1) is 16.5. The molecule has 1 aromatic heterocycles. The van der Waals surface area contributed by atoms with Crippen molar-refractivity contribution < 1.29 is 18.7 Å². The van der Waals surface area contributed by atoms with Gasteiger partial charge in [-0.3, -0.25) is 9.59 Å². The van der Waals surface area contributed by atoms with Gasteiger partial charge in [-0.25, -0.2) is 0 Å². The molecule has 0 radical (unpaired) electrons. The molecule has 2 atom stereocenters. The van der Waals surface area contributed by atoms with Crippen molar-refractivity contribution in [3.8, 4) is 0 Å². The van der Waals surface area contributed by atoms with Crippen molar-refractivity contribution in [1.82, 2.24) is 10.2 Å². The molecule has 1 aliphatic heterocycles. The Kier molecular flexibility index (Phi) is 4.85. The Hall–Kier alpha value is -2.34. The average Bonchev–Trinajstić information content (AvgIpc) is 3.16. The third-order valence-corrected chi connectivity index (χ3v) is 4.38. The highest BCUT2D eigenvalue weighted by Crippen LogP contribution is 2.25. The van der Waals surface area contributed by atoms with Crippen LogP contribution in [0.1, 0.15) is 25.1 Å². The molecule has 1 aromatic carbocycles. The van der Waals surface area contributed by atoms with Crippen LogP contribution in [0.25, 0.3) is 11.0 Å². The largest absolute Gasteiger partial charge is 0.459 e. The Balaban J connectivity index is 1.61. The lowest BCUT2D eigenvalue weighted by molar-refractivity contribution is -0.129. The van der Waals surface area contributed by atoms with E-state index in [1.54, 1.807) is 12.0 Å². The van der Waals surface area contributed by atoms with Gasteiger partial charge in [0.15, 0.2) is 0 Å². The molecule has 2 heterocycles. The van der Waals surface area contributed by atoms with Crippen molar-refractivity contribution >= 4 is 22.8 Å². The molecule has 1 fully saturated rings. The summed E-state index contributed by atoms with van der Waals surface area (Å²) in [6, 6.07) is 9.43. The number of carbonyl (C=O) groups is 2. The standard InChI is InChI=1S/C18H22N2O4/c1-12(16-9-13-5-3-4-6-15(13)24-16)19-18(22)14-10-17(21)20(11-14)7-8-23-2/h3-6,9,12,14H,7-8,10-11H2,1-2H3,(H,19,22)/t12-,14+/m1/s1. The van der Waals surface area contributed by atoms with Gasteiger partial charge in [-0.05, 0) is 19.1 Å². The van der Waals surface area contributed by atoms with Crippen LogP contribution in [0, 0.1) is 5.92 Å². The molecule has 1 saturated heterocycles. The molecule has 128 valence electrons. The van der Waals surface area contributed by atoms with Gasteiger partial charge in [0.1, 0.15) is 11.3 Å². The maximum atomic E-state index is 12.4. The number of nitrogens with zero attached hydrogens (tertiary/aromatic N) is 1. The molecule has 0 bridgehead atoms. The van der Waals surface area contributed by atoms with E-state index in [1.165, 1.54) is 0 Å². The highest BCUT2D eigenvalue weighted by atomic mass is 16.5. The number of nitrogens with one attached hydrogen (secondary N) is 1. The van der Waals surface area contributed by atoms with Gasteiger partial charge >= 0.3 is 0 Å². The summed E-state index contributed by atoms with van der Waals surface area (Å²) in [6.45, 7) is 3.34. The van der Waals surface area contributed by atoms with Crippen LogP contribution in [0.2, 0.25) is 0 Å². The number of carbonyl (C=O) groups excluding carboxylic acids is 2. The lowest BCUT2D eigenvalue weighted by atomic mass is 10.1. The molecule has 0 unspecified atom stereocenters. The van der Waals surface area contributed by atoms with E-state index in [9.17, 15) is 9.59 Å². The number of hydrogen-bond donors (Lipinski definition) is 1. The summed E-state index contributed by atoms with van der Waals surface area (Å²) in [4.78, 5) is 26.1. The first-order chi connectivity index (χ1) is 11.6. The minimum Gasteiger partial charge on any atom is -0.459 e. The van der Waals surface area contributed by atoms with Crippen molar-refractivity contribution in [2.75, 3.05) is 26.8 Å². The molecule has 1 aliphatic rings. The van der Waals surface area contributed by atoms with Crippen LogP contribution in [0.3, 0.4) is 0 Å². The third-order valence-electron chi connectivity index (χ3n) is 4.38. The van der Waals surface area contributed by atoms with Gasteiger partial charge in [-0.1, -0.05) is 18.2 Å². The predicted molar refractivity (Wildman–Crippen MR) is 89.3 cm³/mol. The van der Waals surface area contributed by atoms with Crippen LogP contribution in [-0.4, -0.2) is 43.5 Å². The number of furan rings is 1. The summed E-state index contributed by atoms with van der Waals surface area (Å²) < 4.78 is 10.8. The molecule has 1 N–H and O–H groups in total. The Morgan fingerprint density at radius 1 is 1.46 bits per heavy atom. The Bertz CT molecular complexity index is 706. The van der Waals surface area contributed by atoms with Gasteiger partial charge in [0.25, 0.3) is 0 Å². The number of likely N-dealkylation sites (tertiary alicyclic amines) is 1. The lowest BCUT2D eigenvalue weighted by Crippen LogP contribution is -2.35. The first-order valence-corrected chi connectivity index (χ1v) is 8.14. The van der Waals surface area contributed by atoms with E-state index in [1.807, 2.05) is 37.3 Å². The van der Waals surface area contributed by atoms with E-state index in [0.29, 0.717) is 25.5 Å². The van der Waals surface area contributed by atoms with E-state index >= 15 is 0 Å². The van der Waals surface area contributed by atoms with Crippen LogP contribution in [-0.2, 0) is 14.3 Å². The minimum absolute atomic E-state index is 0.00332. The highest BCUT2D eigenvalue weighted by molar-refractivity contribution is 5.89. The number of para-hydroxylation sites is 1. The fourth-order valence-electron chi connectivity index (χ4n) is 2.98. The van der Waals surface area contributed by atoms with E-state index in [2.05, 4.69) is 5.32 Å². The summed E-state index contributed by atoms with van der Waals surface area (Å²) >= 11 is 0. The summed E-state index contributed by atoms with van der Waals surface area (Å²) in [6.07, 6.45) is 0.252. The SMILES string of the molecule is COCCN1C[C@@H](C(=O)N[C@H](C)c2cc3ccccc3o2)CC1=O. The van der Waals surface area contributed by atoms with Gasteiger partial charge < -0.3 is 19.4 Å². The molecule has 0 saturated carbocycles. The fourth-order valence-corrected chi connectivity index (χ4v) is 2.98. The van der Waals surface area contributed by atoms with Crippen LogP contribution >= 0.6 is 0 Å². The van der Waals surface area contributed by atoms with Crippen molar-refractivity contribution in [3.05, 3.63) is 36.1 Å². The number of fused-ring (bicyclic) bond motifs is 1. The summed E-state index contributed by atoms with van der Waals surface area (Å²) in [5.41, 5.74) is 0.801. The number of benzene rings is 1. The molecule has 2 amide bonds. The van der Waals surface area contributed by atoms with Crippen molar-refractivity contribution in [3.63, 3.8) is 0 Å². The normalized spacial score (nSPS) is 19.0. The third kappa shape index (κ3) is 3.43. The monoisotopic (exact) mass is 330 g/mol. The van der Waals surface area contributed by atoms with Crippen molar-refractivity contribution in [2.24, 2.45) is 5.92 Å². The summed E-state index contributed by atoms with van der Waals surface area (Å²) in [5.74, 6) is 0.283. The van der Waals surface area contributed by atoms with Crippen LogP contribution in [0.5, 0.6) is 0 Å². The zero-order valence-electron chi connectivity index (χ0n) is 14.0. The van der Waals surface area contributed by atoms with Gasteiger partial charge in [0, 0.05) is 32.0 Å². The quantitative estimate of drug-likeness (QED) is 0.880. The Labute approximate surface area is 140 Å². The Morgan fingerprint density at radius 3 is 3.00 bits per heavy atom. The average molecular weight is 330 g/mol. The smallest absolute Gasteiger partial charge is 0.226 e. The molecule has 3 rings (SSSR count). The topological polar surface area (TPSA) is 71.8 Å². The molecule has 0 spiro atoms. The zero-order chi connectivity index (χ0) is 17.1. The fraction of sp³-hybridized carbons (Fsp3) is 0.444. The van der Waals surface area contributed by atoms with Crippen LogP contribution < -0.4 is 5.32 Å². The van der Waals surface area contributed by atoms with Crippen molar-refractivity contribution in [1.29, 1.82) is 0 Å². The van der Waals surface area contributed by atoms with E-state index in [-0.39, 0.29) is 30.2 Å². The number of rotatable bonds is 6. The highest BCUT2D eigenvalue weighted by Gasteiger charge is 2.34. The van der Waals surface area contributed by atoms with Gasteiger partial charge in [0.05, 0.1) is 18.6 Å². The van der Waals surface area contributed by atoms with E-state index < -0.39 is 0 Å². The van der Waals surface area contributed by atoms with E-state index in [0.717, 1.165) is 11.0 Å². The second-order valence-corrected chi connectivity index (χ2v) is 6.15. The van der Waals surface area contributed by atoms with E-state index in [4.69, 9.17) is 9.15 Å². The number of ether oxygens (including phenoxy) is 1. The summed E-state index contributed by atoms with van der Waals surface area (Å²) in [5, 5.41) is 3.96. The minimum atomic E-state index is -0.318. The second kappa shape index (κ2) is 7.05. The van der Waals surface area contributed by atoms with Crippen LogP contribution in [0.15, 0.2) is 34.7 Å². The molecular weight excluding hydrogens is 308 g/mol. The number of methoxy groups -OCH3 is 1. The Morgan fingerprint density at radius 2 is 2.25 bits per heavy atom. The number of amides is 2. The van der Waals surface area contributed by atoms with Gasteiger partial charge in [0.2, 0.25) is 11.8 Å². The molecule has 0 aliphatic carbocycles. The maximum absolute atomic E-state index is 12.4. The first-order valence-electron chi connectivity index (χ1n) is 8.14. The molecule has 2 aromatic rings. The zero-order valence-corrected chi connectivity index (χ0v) is 14.0. The molecule has 6 heteroatoms. The second-order valence-electron chi connectivity index (χ2n) is 6.15. The summed E-state index contributed by atoms with van der Waals surface area (Å²) in [7, 11) is 1.60. The van der Waals surface area contributed by atoms with Crippen molar-refractivity contribution in [2.45, 2.75) is 19.4 Å². The van der Waals surface area contributed by atoms with Crippen LogP contribution in [0.4, 0.5) is 0 Å².